The zero-order valence-corrected chi connectivity index (χ0v) is 13.4. The van der Waals surface area contributed by atoms with Gasteiger partial charge in [0.05, 0.1) is 5.02 Å². The molecule has 2 aromatic carbocycles. The van der Waals surface area contributed by atoms with E-state index in [0.29, 0.717) is 12.2 Å². The first kappa shape index (κ1) is 15.8. The molecule has 0 fully saturated rings. The number of nitrogens with one attached hydrogen (secondary N) is 2. The Bertz CT molecular complexity index is 745. The van der Waals surface area contributed by atoms with E-state index in [-0.39, 0.29) is 9.92 Å². The van der Waals surface area contributed by atoms with Crippen molar-refractivity contribution in [3.05, 3.63) is 58.6 Å². The Kier molecular flexibility index (Phi) is 4.88. The first-order valence-corrected chi connectivity index (χ1v) is 8.31. The van der Waals surface area contributed by atoms with Crippen LogP contribution in [0, 0.1) is 6.92 Å². The predicted octanol–water partition coefficient (Wildman–Crippen LogP) is 3.17. The van der Waals surface area contributed by atoms with E-state index in [2.05, 4.69) is 10.0 Å². The molecule has 0 amide bonds. The van der Waals surface area contributed by atoms with E-state index in [4.69, 9.17) is 11.6 Å². The van der Waals surface area contributed by atoms with Crippen molar-refractivity contribution in [2.24, 2.45) is 0 Å². The number of sulfonamides is 1. The highest BCUT2D eigenvalue weighted by atomic mass is 35.5. The number of aryl methyl sites for hydroxylation is 1. The van der Waals surface area contributed by atoms with Crippen molar-refractivity contribution in [1.82, 2.24) is 5.32 Å². The highest BCUT2D eigenvalue weighted by molar-refractivity contribution is 7.92. The van der Waals surface area contributed by atoms with E-state index in [1.807, 2.05) is 20.0 Å². The van der Waals surface area contributed by atoms with E-state index in [0.717, 1.165) is 11.1 Å². The number of hydrogen-bond acceptors (Lipinski definition) is 3. The van der Waals surface area contributed by atoms with E-state index < -0.39 is 10.0 Å². The molecule has 0 saturated carbocycles. The summed E-state index contributed by atoms with van der Waals surface area (Å²) in [7, 11) is -1.86. The Hall–Kier alpha value is -1.56. The summed E-state index contributed by atoms with van der Waals surface area (Å²) in [6.45, 7) is 2.53. The zero-order chi connectivity index (χ0) is 15.5. The maximum Gasteiger partial charge on any atom is 0.263 e. The van der Waals surface area contributed by atoms with Crippen molar-refractivity contribution < 1.29 is 8.42 Å². The summed E-state index contributed by atoms with van der Waals surface area (Å²) in [4.78, 5) is 0.0776. The van der Waals surface area contributed by atoms with Crippen LogP contribution in [0.15, 0.2) is 47.4 Å². The summed E-state index contributed by atoms with van der Waals surface area (Å²) in [5, 5.41) is 3.24. The van der Waals surface area contributed by atoms with E-state index in [9.17, 15) is 8.42 Å². The van der Waals surface area contributed by atoms with Crippen LogP contribution < -0.4 is 10.0 Å². The number of anilines is 1. The third-order valence-electron chi connectivity index (χ3n) is 2.94. The van der Waals surface area contributed by atoms with Crippen LogP contribution in [0.4, 0.5) is 5.69 Å². The number of rotatable bonds is 5. The molecule has 0 radical (unpaired) electrons. The van der Waals surface area contributed by atoms with Gasteiger partial charge >= 0.3 is 0 Å². The molecule has 6 heteroatoms. The van der Waals surface area contributed by atoms with Crippen molar-refractivity contribution in [3.63, 3.8) is 0 Å². The van der Waals surface area contributed by atoms with Crippen LogP contribution >= 0.6 is 11.6 Å². The summed E-state index contributed by atoms with van der Waals surface area (Å²) in [5.41, 5.74) is 2.42. The van der Waals surface area contributed by atoms with Crippen molar-refractivity contribution in [2.75, 3.05) is 11.8 Å². The van der Waals surface area contributed by atoms with Gasteiger partial charge in [-0.2, -0.15) is 0 Å². The molecule has 0 unspecified atom stereocenters. The Morgan fingerprint density at radius 3 is 2.57 bits per heavy atom. The molecular formula is C15H17ClN2O2S. The lowest BCUT2D eigenvalue weighted by molar-refractivity contribution is 0.601. The van der Waals surface area contributed by atoms with Crippen molar-refractivity contribution >= 4 is 27.3 Å². The Labute approximate surface area is 130 Å². The lowest BCUT2D eigenvalue weighted by atomic mass is 10.2. The molecule has 0 heterocycles. The third kappa shape index (κ3) is 3.97. The third-order valence-corrected chi connectivity index (χ3v) is 4.80. The molecular weight excluding hydrogens is 308 g/mol. The van der Waals surface area contributed by atoms with E-state index >= 15 is 0 Å². The smallest absolute Gasteiger partial charge is 0.263 e. The lowest BCUT2D eigenvalue weighted by Crippen LogP contribution is -2.14. The van der Waals surface area contributed by atoms with Gasteiger partial charge in [0, 0.05) is 12.2 Å². The largest absolute Gasteiger partial charge is 0.316 e. The van der Waals surface area contributed by atoms with Crippen molar-refractivity contribution in [2.45, 2.75) is 18.4 Å². The van der Waals surface area contributed by atoms with E-state index in [1.165, 1.54) is 6.07 Å². The lowest BCUT2D eigenvalue weighted by Gasteiger charge is -2.11. The SMILES string of the molecule is CNCc1cccc(NS(=O)(=O)c2ccc(C)cc2Cl)c1. The predicted molar refractivity (Wildman–Crippen MR) is 86.2 cm³/mol. The average molecular weight is 325 g/mol. The maximum atomic E-state index is 12.4. The zero-order valence-electron chi connectivity index (χ0n) is 11.9. The summed E-state index contributed by atoms with van der Waals surface area (Å²) in [5.74, 6) is 0. The average Bonchev–Trinajstić information content (AvgIpc) is 2.38. The van der Waals surface area contributed by atoms with Crippen LogP contribution in [0.25, 0.3) is 0 Å². The second-order valence-corrected chi connectivity index (χ2v) is 6.83. The van der Waals surface area contributed by atoms with Gasteiger partial charge in [-0.25, -0.2) is 8.42 Å². The second-order valence-electron chi connectivity index (χ2n) is 4.77. The molecule has 0 aromatic heterocycles. The van der Waals surface area contributed by atoms with Gasteiger partial charge in [0.15, 0.2) is 0 Å². The molecule has 2 rings (SSSR count). The van der Waals surface area contributed by atoms with Crippen molar-refractivity contribution in [1.29, 1.82) is 0 Å². The van der Waals surface area contributed by atoms with Crippen molar-refractivity contribution in [3.8, 4) is 0 Å². The molecule has 112 valence electrons. The monoisotopic (exact) mass is 324 g/mol. The number of hydrogen-bond donors (Lipinski definition) is 2. The minimum Gasteiger partial charge on any atom is -0.316 e. The molecule has 0 atom stereocenters. The molecule has 0 aliphatic heterocycles. The van der Waals surface area contributed by atoms with Crippen LogP contribution in [0.5, 0.6) is 0 Å². The van der Waals surface area contributed by atoms with Crippen LogP contribution in [0.1, 0.15) is 11.1 Å². The van der Waals surface area contributed by atoms with Gasteiger partial charge in [-0.3, -0.25) is 4.72 Å². The second kappa shape index (κ2) is 6.47. The minimum atomic E-state index is -3.69. The van der Waals surface area contributed by atoms with E-state index in [1.54, 1.807) is 30.3 Å². The molecule has 0 aliphatic rings. The Balaban J connectivity index is 2.31. The quantitative estimate of drug-likeness (QED) is 0.888. The van der Waals surface area contributed by atoms with Crippen LogP contribution in [-0.2, 0) is 16.6 Å². The maximum absolute atomic E-state index is 12.4. The van der Waals surface area contributed by atoms with Gasteiger partial charge in [0.1, 0.15) is 4.90 Å². The molecule has 0 spiro atoms. The van der Waals surface area contributed by atoms with Crippen LogP contribution in [0.3, 0.4) is 0 Å². The molecule has 2 aromatic rings. The van der Waals surface area contributed by atoms with Gasteiger partial charge in [-0.1, -0.05) is 29.8 Å². The number of halogens is 1. The standard InChI is InChI=1S/C15H17ClN2O2S/c1-11-6-7-15(14(16)8-11)21(19,20)18-13-5-3-4-12(9-13)10-17-2/h3-9,17-18H,10H2,1-2H3. The first-order valence-electron chi connectivity index (χ1n) is 6.45. The summed E-state index contributed by atoms with van der Waals surface area (Å²) in [6, 6.07) is 12.1. The van der Waals surface area contributed by atoms with Crippen LogP contribution in [0.2, 0.25) is 5.02 Å². The summed E-state index contributed by atoms with van der Waals surface area (Å²) < 4.78 is 27.3. The van der Waals surface area contributed by atoms with Gasteiger partial charge < -0.3 is 5.32 Å². The van der Waals surface area contributed by atoms with Gasteiger partial charge in [-0.15, -0.1) is 0 Å². The molecule has 0 aliphatic carbocycles. The van der Waals surface area contributed by atoms with Crippen LogP contribution in [-0.4, -0.2) is 15.5 Å². The Morgan fingerprint density at radius 2 is 1.90 bits per heavy atom. The fraction of sp³-hybridized carbons (Fsp3) is 0.200. The minimum absolute atomic E-state index is 0.0776. The molecule has 0 saturated heterocycles. The molecule has 2 N–H and O–H groups in total. The van der Waals surface area contributed by atoms with Gasteiger partial charge in [-0.05, 0) is 49.4 Å². The summed E-state index contributed by atoms with van der Waals surface area (Å²) >= 11 is 6.03. The fourth-order valence-corrected chi connectivity index (χ4v) is 3.63. The Morgan fingerprint density at radius 1 is 1.14 bits per heavy atom. The topological polar surface area (TPSA) is 58.2 Å². The normalized spacial score (nSPS) is 11.4. The highest BCUT2D eigenvalue weighted by Crippen LogP contribution is 2.25. The molecule has 4 nitrogen and oxygen atoms in total. The van der Waals surface area contributed by atoms with Gasteiger partial charge in [0.25, 0.3) is 10.0 Å². The molecule has 0 bridgehead atoms. The van der Waals surface area contributed by atoms with Gasteiger partial charge in [0.2, 0.25) is 0 Å². The fourth-order valence-electron chi connectivity index (χ4n) is 1.98. The summed E-state index contributed by atoms with van der Waals surface area (Å²) in [6.07, 6.45) is 0. The highest BCUT2D eigenvalue weighted by Gasteiger charge is 2.18. The molecule has 21 heavy (non-hydrogen) atoms. The first-order chi connectivity index (χ1) is 9.92. The number of benzene rings is 2.